The van der Waals surface area contributed by atoms with E-state index in [9.17, 15) is 14.7 Å². The van der Waals surface area contributed by atoms with Gasteiger partial charge in [0.25, 0.3) is 11.5 Å². The first-order valence-corrected chi connectivity index (χ1v) is 12.4. The molecule has 0 bridgehead atoms. The Kier molecular flexibility index (Phi) is 6.73. The molecule has 1 aliphatic heterocycles. The molecule has 1 fully saturated rings. The molecule has 1 saturated heterocycles. The Hall–Kier alpha value is -3.73. The minimum Gasteiger partial charge on any atom is -0.467 e. The van der Waals surface area contributed by atoms with Crippen molar-refractivity contribution in [2.75, 3.05) is 11.9 Å². The van der Waals surface area contributed by atoms with Crippen molar-refractivity contribution in [1.29, 1.82) is 0 Å². The number of nitrogens with zero attached hydrogens (tertiary/aromatic N) is 3. The van der Waals surface area contributed by atoms with E-state index in [1.54, 1.807) is 24.4 Å². The Bertz CT molecular complexity index is 1530. The number of rotatable bonds is 7. The van der Waals surface area contributed by atoms with Crippen LogP contribution in [0, 0.1) is 6.92 Å². The van der Waals surface area contributed by atoms with Gasteiger partial charge in [-0.1, -0.05) is 60.4 Å². The second-order valence-electron chi connectivity index (χ2n) is 8.22. The maximum atomic E-state index is 13.5. The van der Waals surface area contributed by atoms with Gasteiger partial charge in [-0.2, -0.15) is 0 Å². The first kappa shape index (κ1) is 24.0. The highest BCUT2D eigenvalue weighted by Gasteiger charge is 2.33. The third-order valence-electron chi connectivity index (χ3n) is 5.77. The number of thioether (sulfide) groups is 1. The lowest BCUT2D eigenvalue weighted by atomic mass is 10.1. The van der Waals surface area contributed by atoms with Crippen molar-refractivity contribution in [3.05, 3.63) is 105 Å². The Morgan fingerprint density at radius 1 is 1.17 bits per heavy atom. The summed E-state index contributed by atoms with van der Waals surface area (Å²) in [4.78, 5) is 33.1. The van der Waals surface area contributed by atoms with Gasteiger partial charge in [0.1, 0.15) is 21.5 Å². The van der Waals surface area contributed by atoms with Gasteiger partial charge in [-0.15, -0.1) is 0 Å². The smallest absolute Gasteiger partial charge is 0.267 e. The predicted molar refractivity (Wildman–Crippen MR) is 144 cm³/mol. The predicted octanol–water partition coefficient (Wildman–Crippen LogP) is 4.14. The van der Waals surface area contributed by atoms with Crippen molar-refractivity contribution in [1.82, 2.24) is 14.3 Å². The van der Waals surface area contributed by atoms with E-state index in [0.717, 1.165) is 22.9 Å². The van der Waals surface area contributed by atoms with E-state index in [4.69, 9.17) is 16.6 Å². The van der Waals surface area contributed by atoms with E-state index in [1.807, 2.05) is 43.3 Å². The van der Waals surface area contributed by atoms with Gasteiger partial charge >= 0.3 is 0 Å². The van der Waals surface area contributed by atoms with Crippen LogP contribution in [-0.2, 0) is 11.3 Å². The van der Waals surface area contributed by atoms with E-state index in [2.05, 4.69) is 10.3 Å². The number of nitrogens with one attached hydrogen (secondary N) is 1. The monoisotopic (exact) mass is 518 g/mol. The molecule has 0 aliphatic carbocycles. The fourth-order valence-electron chi connectivity index (χ4n) is 3.89. The molecule has 1 atom stereocenters. The van der Waals surface area contributed by atoms with Gasteiger partial charge in [0.2, 0.25) is 0 Å². The number of benzene rings is 1. The minimum atomic E-state index is -0.817. The summed E-state index contributed by atoms with van der Waals surface area (Å²) in [6.45, 7) is 2.19. The molecule has 0 unspecified atom stereocenters. The fourth-order valence-corrected chi connectivity index (χ4v) is 5.13. The average molecular weight is 519 g/mol. The number of hydrogen-bond donors (Lipinski definition) is 2. The SMILES string of the molecule is Cc1cccn2c(=O)c(/C=C3/SC(=S)N(Cc4ccco4)C3=O)c(NC[C@H](O)c3ccccc3)nc12. The van der Waals surface area contributed by atoms with Crippen molar-refractivity contribution in [3.63, 3.8) is 0 Å². The molecule has 1 aromatic carbocycles. The highest BCUT2D eigenvalue weighted by molar-refractivity contribution is 8.26. The maximum Gasteiger partial charge on any atom is 0.267 e. The van der Waals surface area contributed by atoms with Crippen molar-refractivity contribution in [2.45, 2.75) is 19.6 Å². The lowest BCUT2D eigenvalue weighted by Gasteiger charge is -2.15. The number of aromatic nitrogens is 2. The molecule has 8 nitrogen and oxygen atoms in total. The van der Waals surface area contributed by atoms with Crippen molar-refractivity contribution >= 4 is 51.7 Å². The normalized spacial score (nSPS) is 15.7. The molecule has 182 valence electrons. The molecule has 4 heterocycles. The number of hydrogen-bond acceptors (Lipinski definition) is 8. The second-order valence-corrected chi connectivity index (χ2v) is 9.89. The van der Waals surface area contributed by atoms with E-state index in [0.29, 0.717) is 20.6 Å². The van der Waals surface area contributed by atoms with Crippen molar-refractivity contribution in [3.8, 4) is 0 Å². The van der Waals surface area contributed by atoms with Gasteiger partial charge < -0.3 is 14.8 Å². The van der Waals surface area contributed by atoms with E-state index in [-0.39, 0.29) is 35.9 Å². The largest absolute Gasteiger partial charge is 0.467 e. The molecule has 4 aromatic rings. The van der Waals surface area contributed by atoms with Gasteiger partial charge in [0.15, 0.2) is 0 Å². The van der Waals surface area contributed by atoms with Crippen LogP contribution < -0.4 is 10.9 Å². The summed E-state index contributed by atoms with van der Waals surface area (Å²) < 4.78 is 7.18. The van der Waals surface area contributed by atoms with Crippen LogP contribution in [-0.4, -0.2) is 36.2 Å². The minimum absolute atomic E-state index is 0.124. The zero-order valence-corrected chi connectivity index (χ0v) is 20.9. The Balaban J connectivity index is 1.52. The molecule has 1 amide bonds. The third kappa shape index (κ3) is 4.70. The number of carbonyl (C=O) groups is 1. The molecular weight excluding hydrogens is 496 g/mol. The van der Waals surface area contributed by atoms with E-state index >= 15 is 0 Å². The summed E-state index contributed by atoms with van der Waals surface area (Å²) in [5.74, 6) is 0.568. The number of aryl methyl sites for hydroxylation is 1. The summed E-state index contributed by atoms with van der Waals surface area (Å²) in [5, 5.41) is 13.8. The number of aliphatic hydroxyl groups excluding tert-OH is 1. The second kappa shape index (κ2) is 10.1. The highest BCUT2D eigenvalue weighted by atomic mass is 32.2. The zero-order chi connectivity index (χ0) is 25.2. The summed E-state index contributed by atoms with van der Waals surface area (Å²) in [6, 6.07) is 16.4. The first-order valence-electron chi connectivity index (χ1n) is 11.2. The van der Waals surface area contributed by atoms with E-state index < -0.39 is 6.10 Å². The maximum absolute atomic E-state index is 13.5. The molecule has 2 N–H and O–H groups in total. The zero-order valence-electron chi connectivity index (χ0n) is 19.2. The van der Waals surface area contributed by atoms with Gasteiger partial charge in [0.05, 0.1) is 29.4 Å². The van der Waals surface area contributed by atoms with Crippen LogP contribution in [0.25, 0.3) is 11.7 Å². The number of thiocarbonyl (C=S) groups is 1. The van der Waals surface area contributed by atoms with Crippen LogP contribution in [0.2, 0.25) is 0 Å². The number of anilines is 1. The average Bonchev–Trinajstić information content (AvgIpc) is 3.49. The Labute approximate surface area is 216 Å². The lowest BCUT2D eigenvalue weighted by Crippen LogP contribution is -2.27. The molecule has 36 heavy (non-hydrogen) atoms. The van der Waals surface area contributed by atoms with E-state index in [1.165, 1.54) is 21.6 Å². The van der Waals surface area contributed by atoms with Crippen LogP contribution in [0.4, 0.5) is 5.82 Å². The van der Waals surface area contributed by atoms with Crippen LogP contribution >= 0.6 is 24.0 Å². The van der Waals surface area contributed by atoms with Gasteiger partial charge in [-0.3, -0.25) is 18.9 Å². The van der Waals surface area contributed by atoms with Crippen molar-refractivity contribution < 1.29 is 14.3 Å². The molecule has 0 radical (unpaired) electrons. The van der Waals surface area contributed by atoms with Gasteiger partial charge in [-0.05, 0) is 42.3 Å². The van der Waals surface area contributed by atoms with Crippen LogP contribution in [0.15, 0.2) is 81.2 Å². The van der Waals surface area contributed by atoms with Gasteiger partial charge in [-0.25, -0.2) is 4.98 Å². The third-order valence-corrected chi connectivity index (χ3v) is 7.15. The fraction of sp³-hybridized carbons (Fsp3) is 0.154. The summed E-state index contributed by atoms with van der Waals surface area (Å²) >= 11 is 6.54. The molecule has 0 spiro atoms. The number of pyridine rings is 1. The number of furan rings is 1. The Morgan fingerprint density at radius 2 is 1.97 bits per heavy atom. The highest BCUT2D eigenvalue weighted by Crippen LogP contribution is 2.34. The molecular formula is C26H22N4O4S2. The summed E-state index contributed by atoms with van der Waals surface area (Å²) in [7, 11) is 0. The molecule has 3 aromatic heterocycles. The topological polar surface area (TPSA) is 100 Å². The quantitative estimate of drug-likeness (QED) is 0.278. The summed E-state index contributed by atoms with van der Waals surface area (Å²) in [6.07, 6.45) is 3.87. The van der Waals surface area contributed by atoms with Crippen LogP contribution in [0.5, 0.6) is 0 Å². The van der Waals surface area contributed by atoms with Crippen molar-refractivity contribution in [2.24, 2.45) is 0 Å². The number of aliphatic hydroxyl groups is 1. The molecule has 5 rings (SSSR count). The summed E-state index contributed by atoms with van der Waals surface area (Å²) in [5.41, 5.74) is 1.91. The van der Waals surface area contributed by atoms with Crippen LogP contribution in [0.1, 0.15) is 28.6 Å². The molecule has 10 heteroatoms. The molecule has 1 aliphatic rings. The number of fused-ring (bicyclic) bond motifs is 1. The Morgan fingerprint density at radius 3 is 2.72 bits per heavy atom. The number of amides is 1. The van der Waals surface area contributed by atoms with Gasteiger partial charge in [0, 0.05) is 12.7 Å². The number of carbonyl (C=O) groups excluding carboxylic acids is 1. The van der Waals surface area contributed by atoms with Crippen LogP contribution in [0.3, 0.4) is 0 Å². The first-order chi connectivity index (χ1) is 17.4. The lowest BCUT2D eigenvalue weighted by molar-refractivity contribution is -0.122. The molecule has 0 saturated carbocycles. The standard InChI is InChI=1S/C26H22N4O4S2/c1-16-7-5-11-29-23(16)28-22(27-14-20(31)17-8-3-2-4-9-17)19(24(29)32)13-21-25(33)30(26(35)36-21)15-18-10-6-12-34-18/h2-13,20,27,31H,14-15H2,1H3/b21-13+/t20-/m0/s1.